The molecule has 0 bridgehead atoms. The minimum absolute atomic E-state index is 0.234. The summed E-state index contributed by atoms with van der Waals surface area (Å²) in [7, 11) is 1.56. The molecule has 0 unspecified atom stereocenters. The third-order valence-electron chi connectivity index (χ3n) is 3.18. The quantitative estimate of drug-likeness (QED) is 0.798. The maximum absolute atomic E-state index is 11.0. The predicted octanol–water partition coefficient (Wildman–Crippen LogP) is 4.06. The molecule has 0 heterocycles. The lowest BCUT2D eigenvalue weighted by Crippen LogP contribution is -2.03. The Morgan fingerprint density at radius 2 is 2.09 bits per heavy atom. The van der Waals surface area contributed by atoms with Gasteiger partial charge in [0.15, 0.2) is 11.5 Å². The van der Waals surface area contributed by atoms with Gasteiger partial charge in [-0.25, -0.2) is 4.79 Å². The van der Waals surface area contributed by atoms with E-state index in [1.165, 1.54) is 0 Å². The number of nitrogens with one attached hydrogen (secondary N) is 1. The van der Waals surface area contributed by atoms with E-state index in [1.807, 2.05) is 13.0 Å². The number of halogens is 1. The zero-order valence-electron chi connectivity index (χ0n) is 12.9. The van der Waals surface area contributed by atoms with Crippen molar-refractivity contribution in [1.29, 1.82) is 0 Å². The Bertz CT molecular complexity index is 703. The Hall–Kier alpha value is -2.40. The van der Waals surface area contributed by atoms with Crippen molar-refractivity contribution in [2.24, 2.45) is 0 Å². The molecule has 0 aliphatic heterocycles. The number of hydrogen-bond donors (Lipinski definition) is 2. The first-order chi connectivity index (χ1) is 11.0. The highest BCUT2D eigenvalue weighted by molar-refractivity contribution is 6.32. The van der Waals surface area contributed by atoms with Crippen LogP contribution in [-0.2, 0) is 6.54 Å². The fourth-order valence-corrected chi connectivity index (χ4v) is 2.41. The molecule has 6 heteroatoms. The van der Waals surface area contributed by atoms with Crippen LogP contribution in [0.2, 0.25) is 5.02 Å². The van der Waals surface area contributed by atoms with Crippen molar-refractivity contribution < 1.29 is 19.4 Å². The molecule has 0 saturated heterocycles. The van der Waals surface area contributed by atoms with Gasteiger partial charge in [0.2, 0.25) is 0 Å². The van der Waals surface area contributed by atoms with Crippen LogP contribution in [0.15, 0.2) is 36.4 Å². The van der Waals surface area contributed by atoms with Crippen LogP contribution in [0.3, 0.4) is 0 Å². The maximum Gasteiger partial charge on any atom is 0.335 e. The fraction of sp³-hybridized carbons (Fsp3) is 0.235. The van der Waals surface area contributed by atoms with Crippen molar-refractivity contribution in [3.8, 4) is 11.5 Å². The second-order valence-corrected chi connectivity index (χ2v) is 5.19. The van der Waals surface area contributed by atoms with Gasteiger partial charge in [0.25, 0.3) is 0 Å². The number of ether oxygens (including phenoxy) is 2. The molecule has 0 spiro atoms. The van der Waals surface area contributed by atoms with E-state index in [1.54, 1.807) is 37.4 Å². The number of methoxy groups -OCH3 is 1. The summed E-state index contributed by atoms with van der Waals surface area (Å²) in [5, 5.41) is 12.6. The number of carbonyl (C=O) groups is 1. The number of carboxylic acids is 1. The molecular formula is C17H18ClNO4. The first kappa shape index (κ1) is 17.0. The summed E-state index contributed by atoms with van der Waals surface area (Å²) in [6.07, 6.45) is 0. The normalized spacial score (nSPS) is 10.2. The SMILES string of the molecule is CCOc1c(Cl)cc(CNc2cccc(C(=O)O)c2)cc1OC. The van der Waals surface area contributed by atoms with E-state index in [-0.39, 0.29) is 5.56 Å². The smallest absolute Gasteiger partial charge is 0.335 e. The summed E-state index contributed by atoms with van der Waals surface area (Å²) in [6, 6.07) is 10.3. The predicted molar refractivity (Wildman–Crippen MR) is 89.9 cm³/mol. The van der Waals surface area contributed by atoms with Crippen molar-refractivity contribution in [3.63, 3.8) is 0 Å². The third kappa shape index (κ3) is 4.29. The van der Waals surface area contributed by atoms with Crippen molar-refractivity contribution in [2.75, 3.05) is 19.0 Å². The molecule has 2 aromatic rings. The fourth-order valence-electron chi connectivity index (χ4n) is 2.13. The first-order valence-corrected chi connectivity index (χ1v) is 7.49. The van der Waals surface area contributed by atoms with Crippen LogP contribution in [0, 0.1) is 0 Å². The van der Waals surface area contributed by atoms with Crippen molar-refractivity contribution in [2.45, 2.75) is 13.5 Å². The van der Waals surface area contributed by atoms with Gasteiger partial charge in [-0.15, -0.1) is 0 Å². The summed E-state index contributed by atoms with van der Waals surface area (Å²) < 4.78 is 10.8. The van der Waals surface area contributed by atoms with E-state index in [9.17, 15) is 4.79 Å². The van der Waals surface area contributed by atoms with Crippen LogP contribution < -0.4 is 14.8 Å². The van der Waals surface area contributed by atoms with Gasteiger partial charge >= 0.3 is 5.97 Å². The Morgan fingerprint density at radius 1 is 1.30 bits per heavy atom. The second-order valence-electron chi connectivity index (χ2n) is 4.78. The molecule has 0 aliphatic rings. The van der Waals surface area contributed by atoms with Gasteiger partial charge < -0.3 is 19.9 Å². The largest absolute Gasteiger partial charge is 0.493 e. The summed E-state index contributed by atoms with van der Waals surface area (Å²) in [4.78, 5) is 11.0. The first-order valence-electron chi connectivity index (χ1n) is 7.11. The maximum atomic E-state index is 11.0. The van der Waals surface area contributed by atoms with Gasteiger partial charge in [0, 0.05) is 12.2 Å². The molecule has 5 nitrogen and oxygen atoms in total. The average Bonchev–Trinajstić information content (AvgIpc) is 2.55. The highest BCUT2D eigenvalue weighted by atomic mass is 35.5. The monoisotopic (exact) mass is 335 g/mol. The average molecular weight is 336 g/mol. The topological polar surface area (TPSA) is 67.8 Å². The summed E-state index contributed by atoms with van der Waals surface area (Å²) in [5.74, 6) is 0.128. The molecule has 0 amide bonds. The highest BCUT2D eigenvalue weighted by Crippen LogP contribution is 2.36. The second kappa shape index (κ2) is 7.74. The van der Waals surface area contributed by atoms with Crippen molar-refractivity contribution >= 4 is 23.3 Å². The molecule has 0 radical (unpaired) electrons. The summed E-state index contributed by atoms with van der Waals surface area (Å²) >= 11 is 6.23. The lowest BCUT2D eigenvalue weighted by atomic mass is 10.1. The Labute approximate surface area is 139 Å². The van der Waals surface area contributed by atoms with Crippen molar-refractivity contribution in [3.05, 3.63) is 52.5 Å². The van der Waals surface area contributed by atoms with Gasteiger partial charge in [0.1, 0.15) is 0 Å². The van der Waals surface area contributed by atoms with Gasteiger partial charge in [-0.1, -0.05) is 17.7 Å². The molecule has 0 fully saturated rings. The van der Waals surface area contributed by atoms with Gasteiger partial charge in [-0.3, -0.25) is 0 Å². The molecule has 122 valence electrons. The van der Waals surface area contributed by atoms with E-state index < -0.39 is 5.97 Å². The lowest BCUT2D eigenvalue weighted by molar-refractivity contribution is 0.0697. The van der Waals surface area contributed by atoms with Crippen LogP contribution in [0.4, 0.5) is 5.69 Å². The van der Waals surface area contributed by atoms with Crippen LogP contribution in [-0.4, -0.2) is 24.8 Å². The Balaban J connectivity index is 2.16. The molecule has 0 aliphatic carbocycles. The number of benzene rings is 2. The standard InChI is InChI=1S/C17H18ClNO4/c1-3-23-16-14(18)7-11(8-15(16)22-2)10-19-13-6-4-5-12(9-13)17(20)21/h4-9,19H,3,10H2,1-2H3,(H,20,21). The van der Waals surface area contributed by atoms with Crippen LogP contribution >= 0.6 is 11.6 Å². The van der Waals surface area contributed by atoms with Crippen molar-refractivity contribution in [1.82, 2.24) is 0 Å². The van der Waals surface area contributed by atoms with Crippen LogP contribution in [0.1, 0.15) is 22.8 Å². The molecule has 2 aromatic carbocycles. The number of aromatic carboxylic acids is 1. The molecule has 2 rings (SSSR count). The lowest BCUT2D eigenvalue weighted by Gasteiger charge is -2.14. The number of anilines is 1. The summed E-state index contributed by atoms with van der Waals surface area (Å²) in [5.41, 5.74) is 1.85. The van der Waals surface area contributed by atoms with E-state index in [0.29, 0.717) is 35.4 Å². The third-order valence-corrected chi connectivity index (χ3v) is 3.46. The zero-order chi connectivity index (χ0) is 16.8. The molecule has 2 N–H and O–H groups in total. The van der Waals surface area contributed by atoms with E-state index in [4.69, 9.17) is 26.2 Å². The highest BCUT2D eigenvalue weighted by Gasteiger charge is 2.11. The number of hydrogen-bond acceptors (Lipinski definition) is 4. The van der Waals surface area contributed by atoms with Gasteiger partial charge in [-0.05, 0) is 42.8 Å². The summed E-state index contributed by atoms with van der Waals surface area (Å²) in [6.45, 7) is 2.85. The van der Waals surface area contributed by atoms with Gasteiger partial charge in [-0.2, -0.15) is 0 Å². The molecule has 23 heavy (non-hydrogen) atoms. The molecule has 0 atom stereocenters. The number of carboxylic acid groups (broad SMARTS) is 1. The van der Waals surface area contributed by atoms with Crippen LogP contribution in [0.5, 0.6) is 11.5 Å². The van der Waals surface area contributed by atoms with Gasteiger partial charge in [0.05, 0.1) is 24.3 Å². The zero-order valence-corrected chi connectivity index (χ0v) is 13.7. The van der Waals surface area contributed by atoms with Crippen LogP contribution in [0.25, 0.3) is 0 Å². The Kier molecular flexibility index (Phi) is 5.71. The minimum Gasteiger partial charge on any atom is -0.493 e. The van der Waals surface area contributed by atoms with E-state index in [0.717, 1.165) is 5.56 Å². The minimum atomic E-state index is -0.959. The van der Waals surface area contributed by atoms with E-state index in [2.05, 4.69) is 5.32 Å². The molecule has 0 aromatic heterocycles. The molecule has 0 saturated carbocycles. The number of rotatable bonds is 7. The molecular weight excluding hydrogens is 318 g/mol. The van der Waals surface area contributed by atoms with E-state index >= 15 is 0 Å². The Morgan fingerprint density at radius 3 is 2.74 bits per heavy atom.